The summed E-state index contributed by atoms with van der Waals surface area (Å²) in [5, 5.41) is 2.74. The van der Waals surface area contributed by atoms with Gasteiger partial charge in [-0.25, -0.2) is 0 Å². The molecule has 2 aromatic carbocycles. The zero-order valence-electron chi connectivity index (χ0n) is 29.1. The third kappa shape index (κ3) is 7.88. The van der Waals surface area contributed by atoms with Crippen LogP contribution < -0.4 is 59.1 Å². The Balaban J connectivity index is 0.00000523. The van der Waals surface area contributed by atoms with Crippen LogP contribution in [0, 0.1) is 0 Å². The number of amides is 2. The summed E-state index contributed by atoms with van der Waals surface area (Å²) in [5.41, 5.74) is 2.08. The quantitative estimate of drug-likeness (QED) is 0.0981. The van der Waals surface area contributed by atoms with Gasteiger partial charge in [0.25, 0.3) is 32.1 Å². The predicted molar refractivity (Wildman–Crippen MR) is 186 cm³/mol. The van der Waals surface area contributed by atoms with E-state index in [1.807, 2.05) is 0 Å². The van der Waals surface area contributed by atoms with Crippen molar-refractivity contribution < 1.29 is 84.0 Å². The molecule has 4 aliphatic rings. The number of carbonyl (C=O) groups is 2. The summed E-state index contributed by atoms with van der Waals surface area (Å²) in [6, 6.07) is 4.27. The Bertz CT molecular complexity index is 1870. The largest absolute Gasteiger partial charge is 1.00 e. The molecular formula is C33H40N4NaO12S2+. The van der Waals surface area contributed by atoms with Crippen LogP contribution in [-0.4, -0.2) is 111 Å². The Hall–Kier alpha value is -3.52. The first-order chi connectivity index (χ1) is 24.1. The second kappa shape index (κ2) is 15.5. The Kier molecular flexibility index (Phi) is 11.8. The van der Waals surface area contributed by atoms with Crippen LogP contribution in [0.2, 0.25) is 0 Å². The number of nitrogens with one attached hydrogen (secondary N) is 2. The van der Waals surface area contributed by atoms with E-state index >= 15 is 0 Å². The average Bonchev–Trinajstić information content (AvgIpc) is 3.59. The van der Waals surface area contributed by atoms with Gasteiger partial charge in [-0.05, 0) is 44.2 Å². The number of carbonyl (C=O) groups excluding carboxylic acids is 2. The van der Waals surface area contributed by atoms with E-state index in [1.54, 1.807) is 0 Å². The maximum Gasteiger partial charge on any atom is 1.00 e. The Morgan fingerprint density at radius 3 is 1.42 bits per heavy atom. The van der Waals surface area contributed by atoms with Gasteiger partial charge in [0.15, 0.2) is 33.7 Å². The Morgan fingerprint density at radius 2 is 1.08 bits per heavy atom. The number of benzene rings is 2. The molecule has 0 aromatic heterocycles. The van der Waals surface area contributed by atoms with E-state index in [1.165, 1.54) is 48.3 Å². The number of hydrogen-bond donors (Lipinski definition) is 4. The van der Waals surface area contributed by atoms with Gasteiger partial charge < -0.3 is 39.4 Å². The molecule has 4 N–H and O–H groups in total. The second-order valence-electron chi connectivity index (χ2n) is 12.9. The van der Waals surface area contributed by atoms with E-state index in [2.05, 4.69) is 23.8 Å². The van der Waals surface area contributed by atoms with Gasteiger partial charge in [-0.2, -0.15) is 16.8 Å². The van der Waals surface area contributed by atoms with Crippen molar-refractivity contribution in [3.05, 3.63) is 59.7 Å². The molecule has 2 fully saturated rings. The van der Waals surface area contributed by atoms with Gasteiger partial charge in [0.05, 0.1) is 62.0 Å². The molecule has 4 heterocycles. The molecule has 2 amide bonds. The molecule has 6 rings (SSSR count). The minimum absolute atomic E-state index is 0. The molecule has 0 bridgehead atoms. The molecule has 0 aliphatic carbocycles. The van der Waals surface area contributed by atoms with E-state index < -0.39 is 54.9 Å². The normalized spacial score (nSPS) is 22.5. The molecule has 0 saturated carbocycles. The summed E-state index contributed by atoms with van der Waals surface area (Å²) >= 11 is 0. The summed E-state index contributed by atoms with van der Waals surface area (Å²) in [5.74, 6) is 0.259. The summed E-state index contributed by atoms with van der Waals surface area (Å²) in [6.45, 7) is 8.60. The van der Waals surface area contributed by atoms with E-state index in [0.29, 0.717) is 30.4 Å². The molecular weight excluding hydrogens is 732 g/mol. The number of unbranched alkanes of at least 4 members (excludes halogenated alkanes) is 2. The van der Waals surface area contributed by atoms with Crippen molar-refractivity contribution in [3.63, 3.8) is 0 Å². The fourth-order valence-corrected chi connectivity index (χ4v) is 8.83. The zero-order chi connectivity index (χ0) is 36.8. The number of rotatable bonds is 12. The summed E-state index contributed by atoms with van der Waals surface area (Å²) < 4.78 is 92.2. The molecule has 52 heavy (non-hydrogen) atoms. The van der Waals surface area contributed by atoms with Crippen molar-refractivity contribution >= 4 is 43.4 Å². The third-order valence-corrected chi connectivity index (χ3v) is 11.6. The topological polar surface area (TPSA) is 210 Å². The van der Waals surface area contributed by atoms with Crippen molar-refractivity contribution in [2.75, 3.05) is 51.2 Å². The minimum Gasteiger partial charge on any atom is -0.493 e. The maximum absolute atomic E-state index is 13.4. The Labute approximate surface area is 324 Å². The standard InChI is InChI=1S/C33H40N4O12S2.Na/c1-18-10-24-30(50(40,41)42)34-22-14-28(26(46-3)12-20(22)32(38)36(24)16-18)48-8-6-5-7-9-49-29-15-23-21(13-27(29)47-4)33(39)37-17-19(2)11-25(37)31(35-23)51(43,44)45;/h12-15,24-25,30-31,34-35H,1-2,5-11,16-17H2,3-4H3,(H,40,41,42)(H,43,44,45);/q;+1. The van der Waals surface area contributed by atoms with Gasteiger partial charge in [0, 0.05) is 25.2 Å². The second-order valence-corrected chi connectivity index (χ2v) is 16.0. The van der Waals surface area contributed by atoms with Crippen LogP contribution in [0.25, 0.3) is 0 Å². The first-order valence-electron chi connectivity index (χ1n) is 16.2. The molecule has 276 valence electrons. The minimum atomic E-state index is -4.59. The summed E-state index contributed by atoms with van der Waals surface area (Å²) in [7, 11) is -6.34. The van der Waals surface area contributed by atoms with Crippen molar-refractivity contribution in [1.82, 2.24) is 9.80 Å². The smallest absolute Gasteiger partial charge is 0.493 e. The number of hydrogen-bond acceptors (Lipinski definition) is 12. The molecule has 4 aliphatic heterocycles. The van der Waals surface area contributed by atoms with Gasteiger partial charge >= 0.3 is 29.6 Å². The summed E-state index contributed by atoms with van der Waals surface area (Å²) in [6.07, 6.45) is 2.27. The third-order valence-electron chi connectivity index (χ3n) is 9.41. The van der Waals surface area contributed by atoms with Crippen molar-refractivity contribution in [1.29, 1.82) is 0 Å². The van der Waals surface area contributed by atoms with Crippen LogP contribution in [0.15, 0.2) is 48.6 Å². The molecule has 16 nitrogen and oxygen atoms in total. The number of fused-ring (bicyclic) bond motifs is 4. The van der Waals surface area contributed by atoms with Gasteiger partial charge in [0.1, 0.15) is 0 Å². The van der Waals surface area contributed by atoms with Gasteiger partial charge in [-0.3, -0.25) is 18.7 Å². The van der Waals surface area contributed by atoms with Gasteiger partial charge in [0.2, 0.25) is 0 Å². The molecule has 0 radical (unpaired) electrons. The average molecular weight is 772 g/mol. The summed E-state index contributed by atoms with van der Waals surface area (Å²) in [4.78, 5) is 29.6. The predicted octanol–water partition coefficient (Wildman–Crippen LogP) is 0.156. The maximum atomic E-state index is 13.4. The number of nitrogens with zero attached hydrogens (tertiary/aromatic N) is 2. The van der Waals surface area contributed by atoms with Crippen LogP contribution in [-0.2, 0) is 20.2 Å². The number of anilines is 2. The van der Waals surface area contributed by atoms with E-state index in [4.69, 9.17) is 18.9 Å². The number of methoxy groups -OCH3 is 2. The van der Waals surface area contributed by atoms with E-state index in [-0.39, 0.29) is 114 Å². The first-order valence-corrected chi connectivity index (χ1v) is 19.2. The van der Waals surface area contributed by atoms with Crippen molar-refractivity contribution in [2.24, 2.45) is 0 Å². The van der Waals surface area contributed by atoms with Gasteiger partial charge in [-0.1, -0.05) is 24.3 Å². The van der Waals surface area contributed by atoms with Crippen molar-refractivity contribution in [3.8, 4) is 23.0 Å². The van der Waals surface area contributed by atoms with Crippen molar-refractivity contribution in [2.45, 2.75) is 54.9 Å². The molecule has 19 heteroatoms. The SMILES string of the molecule is C=C1CC2C(S(=O)(=O)O)Nc3cc(OCCCCCOc4cc5c(cc4OC)C(=O)N4CC(=C)CC4C(S(=O)(=O)O)N5)c(OC)cc3C(=O)N2C1.[Na+]. The first kappa shape index (κ1) is 39.7. The van der Waals surface area contributed by atoms with Gasteiger partial charge in [-0.15, -0.1) is 0 Å². The van der Waals surface area contributed by atoms with Crippen LogP contribution in [0.1, 0.15) is 52.8 Å². The monoisotopic (exact) mass is 771 g/mol. The van der Waals surface area contributed by atoms with E-state index in [9.17, 15) is 35.5 Å². The molecule has 2 saturated heterocycles. The molecule has 4 atom stereocenters. The molecule has 2 aromatic rings. The van der Waals surface area contributed by atoms with Crippen LogP contribution in [0.4, 0.5) is 11.4 Å². The number of ether oxygens (including phenoxy) is 4. The fraction of sp³-hybridized carbons (Fsp3) is 0.455. The molecule has 0 spiro atoms. The van der Waals surface area contributed by atoms with E-state index in [0.717, 1.165) is 0 Å². The van der Waals surface area contributed by atoms with Crippen LogP contribution in [0.5, 0.6) is 23.0 Å². The Morgan fingerprint density at radius 1 is 0.692 bits per heavy atom. The van der Waals surface area contributed by atoms with Crippen LogP contribution in [0.3, 0.4) is 0 Å². The zero-order valence-corrected chi connectivity index (χ0v) is 32.7. The van der Waals surface area contributed by atoms with Crippen LogP contribution >= 0.6 is 0 Å². The fourth-order valence-electron chi connectivity index (χ4n) is 7.00. The molecule has 4 unspecified atom stereocenters.